The molecule has 2 fully saturated rings. The van der Waals surface area contributed by atoms with Gasteiger partial charge in [0.15, 0.2) is 5.82 Å². The van der Waals surface area contributed by atoms with Crippen LogP contribution in [0.3, 0.4) is 0 Å². The summed E-state index contributed by atoms with van der Waals surface area (Å²) >= 11 is 0. The lowest BCUT2D eigenvalue weighted by Crippen LogP contribution is -2.41. The molecule has 5 heteroatoms. The number of hydrogen-bond acceptors (Lipinski definition) is 4. The molecule has 33 heavy (non-hydrogen) atoms. The normalized spacial score (nSPS) is 18.3. The maximum atomic E-state index is 14.7. The van der Waals surface area contributed by atoms with Crippen LogP contribution in [0.15, 0.2) is 60.8 Å². The van der Waals surface area contributed by atoms with Gasteiger partial charge in [0.25, 0.3) is 0 Å². The van der Waals surface area contributed by atoms with E-state index in [1.807, 2.05) is 42.5 Å². The van der Waals surface area contributed by atoms with E-state index >= 15 is 0 Å². The summed E-state index contributed by atoms with van der Waals surface area (Å²) in [5.41, 5.74) is 3.26. The molecule has 0 spiro atoms. The van der Waals surface area contributed by atoms with E-state index in [-0.39, 0.29) is 0 Å². The zero-order valence-corrected chi connectivity index (χ0v) is 19.2. The first-order valence-corrected chi connectivity index (χ1v) is 12.4. The number of rotatable bonds is 6. The van der Waals surface area contributed by atoms with Crippen LogP contribution >= 0.6 is 0 Å². The topological polar surface area (TPSA) is 41.1 Å². The summed E-state index contributed by atoms with van der Waals surface area (Å²) in [5.74, 6) is 1.01. The molecular weight excluding hydrogens is 411 g/mol. The molecule has 0 unspecified atom stereocenters. The minimum atomic E-state index is -0.395. The minimum Gasteiger partial charge on any atom is -0.351 e. The van der Waals surface area contributed by atoms with Crippen molar-refractivity contribution in [2.24, 2.45) is 5.92 Å². The van der Waals surface area contributed by atoms with Gasteiger partial charge in [-0.05, 0) is 48.8 Å². The molecule has 5 rings (SSSR count). The Kier molecular flexibility index (Phi) is 6.96. The molecule has 0 atom stereocenters. The highest BCUT2D eigenvalue weighted by atomic mass is 19.1. The van der Waals surface area contributed by atoms with E-state index in [0.717, 1.165) is 48.5 Å². The Balaban J connectivity index is 1.23. The molecule has 4 nitrogen and oxygen atoms in total. The van der Waals surface area contributed by atoms with E-state index in [1.165, 1.54) is 44.8 Å². The first kappa shape index (κ1) is 22.0. The third kappa shape index (κ3) is 5.59. The summed E-state index contributed by atoms with van der Waals surface area (Å²) in [6.07, 6.45) is 10.5. The summed E-state index contributed by atoms with van der Waals surface area (Å²) in [4.78, 5) is 11.4. The zero-order valence-electron chi connectivity index (χ0n) is 19.2. The lowest BCUT2D eigenvalue weighted by atomic mass is 9.88. The van der Waals surface area contributed by atoms with Gasteiger partial charge in [-0.3, -0.25) is 0 Å². The standard InChI is InChI=1S/C28H33FN4/c29-26-19-30-28(31-25-14-16-33(17-15-25)20-21-8-3-1-4-9-21)32-27(26)24-13-7-12-23(18-24)22-10-5-2-6-11-22/h2,5-7,10-13,18-19,21,25H,1,3-4,8-9,14-17,20H2,(H,30,31,32). The van der Waals surface area contributed by atoms with Crippen LogP contribution in [0.2, 0.25) is 0 Å². The Morgan fingerprint density at radius 3 is 2.36 bits per heavy atom. The van der Waals surface area contributed by atoms with Crippen molar-refractivity contribution in [3.8, 4) is 22.4 Å². The summed E-state index contributed by atoms with van der Waals surface area (Å²) in [6, 6.07) is 18.4. The van der Waals surface area contributed by atoms with Gasteiger partial charge in [0.05, 0.1) is 6.20 Å². The molecule has 1 saturated carbocycles. The largest absolute Gasteiger partial charge is 0.351 e. The summed E-state index contributed by atoms with van der Waals surface area (Å²) in [5, 5.41) is 3.47. The number of piperidine rings is 1. The van der Waals surface area contributed by atoms with Gasteiger partial charge in [-0.1, -0.05) is 67.8 Å². The average Bonchev–Trinajstić information content (AvgIpc) is 2.88. The smallest absolute Gasteiger partial charge is 0.223 e. The Bertz CT molecular complexity index is 1040. The lowest BCUT2D eigenvalue weighted by Gasteiger charge is -2.35. The predicted molar refractivity (Wildman–Crippen MR) is 133 cm³/mol. The van der Waals surface area contributed by atoms with Gasteiger partial charge in [0.1, 0.15) is 5.69 Å². The Morgan fingerprint density at radius 2 is 1.58 bits per heavy atom. The maximum absolute atomic E-state index is 14.7. The molecule has 0 bridgehead atoms. The molecule has 3 aromatic rings. The third-order valence-electron chi connectivity index (χ3n) is 7.15. The first-order chi connectivity index (χ1) is 16.2. The van der Waals surface area contributed by atoms with Gasteiger partial charge in [-0.15, -0.1) is 0 Å². The molecule has 1 aliphatic carbocycles. The van der Waals surface area contributed by atoms with Gasteiger partial charge in [-0.2, -0.15) is 0 Å². The maximum Gasteiger partial charge on any atom is 0.223 e. The SMILES string of the molecule is Fc1cnc(NC2CCN(CC3CCCCC3)CC2)nc1-c1cccc(-c2ccccc2)c1. The van der Waals surface area contributed by atoms with Crippen LogP contribution in [-0.4, -0.2) is 40.5 Å². The van der Waals surface area contributed by atoms with E-state index in [2.05, 4.69) is 32.3 Å². The van der Waals surface area contributed by atoms with Crippen molar-refractivity contribution in [3.63, 3.8) is 0 Å². The van der Waals surface area contributed by atoms with Crippen molar-refractivity contribution in [3.05, 3.63) is 66.6 Å². The van der Waals surface area contributed by atoms with Crippen LogP contribution in [0.1, 0.15) is 44.9 Å². The van der Waals surface area contributed by atoms with Gasteiger partial charge in [0.2, 0.25) is 5.95 Å². The molecule has 0 amide bonds. The molecule has 2 heterocycles. The van der Waals surface area contributed by atoms with E-state index < -0.39 is 5.82 Å². The molecule has 2 aromatic carbocycles. The second-order valence-corrected chi connectivity index (χ2v) is 9.56. The lowest BCUT2D eigenvalue weighted by molar-refractivity contribution is 0.168. The molecule has 0 radical (unpaired) electrons. The number of hydrogen-bond donors (Lipinski definition) is 1. The fraction of sp³-hybridized carbons (Fsp3) is 0.429. The van der Waals surface area contributed by atoms with Crippen molar-refractivity contribution in [2.45, 2.75) is 51.0 Å². The van der Waals surface area contributed by atoms with Crippen LogP contribution in [0, 0.1) is 11.7 Å². The quantitative estimate of drug-likeness (QED) is 0.477. The molecule has 172 valence electrons. The van der Waals surface area contributed by atoms with Crippen molar-refractivity contribution in [1.82, 2.24) is 14.9 Å². The minimum absolute atomic E-state index is 0.335. The van der Waals surface area contributed by atoms with Crippen molar-refractivity contribution in [1.29, 1.82) is 0 Å². The number of benzene rings is 2. The molecule has 1 aliphatic heterocycles. The fourth-order valence-corrected chi connectivity index (χ4v) is 5.29. The number of nitrogens with zero attached hydrogens (tertiary/aromatic N) is 3. The highest BCUT2D eigenvalue weighted by Gasteiger charge is 2.23. The molecule has 1 aromatic heterocycles. The number of likely N-dealkylation sites (tertiary alicyclic amines) is 1. The van der Waals surface area contributed by atoms with Gasteiger partial charge in [-0.25, -0.2) is 14.4 Å². The van der Waals surface area contributed by atoms with Gasteiger partial charge >= 0.3 is 0 Å². The molecular formula is C28H33FN4. The van der Waals surface area contributed by atoms with Crippen LogP contribution in [0.5, 0.6) is 0 Å². The van der Waals surface area contributed by atoms with Crippen LogP contribution in [-0.2, 0) is 0 Å². The van der Waals surface area contributed by atoms with Gasteiger partial charge < -0.3 is 10.2 Å². The number of nitrogens with one attached hydrogen (secondary N) is 1. The highest BCUT2D eigenvalue weighted by Crippen LogP contribution is 2.28. The summed E-state index contributed by atoms with van der Waals surface area (Å²) in [7, 11) is 0. The monoisotopic (exact) mass is 444 g/mol. The zero-order chi connectivity index (χ0) is 22.5. The van der Waals surface area contributed by atoms with Crippen molar-refractivity contribution < 1.29 is 4.39 Å². The van der Waals surface area contributed by atoms with E-state index in [9.17, 15) is 4.39 Å². The summed E-state index contributed by atoms with van der Waals surface area (Å²) in [6.45, 7) is 3.48. The first-order valence-electron chi connectivity index (χ1n) is 12.4. The Hall–Kier alpha value is -2.79. The van der Waals surface area contributed by atoms with Crippen LogP contribution in [0.4, 0.5) is 10.3 Å². The third-order valence-corrected chi connectivity index (χ3v) is 7.15. The summed E-state index contributed by atoms with van der Waals surface area (Å²) < 4.78 is 14.7. The van der Waals surface area contributed by atoms with Crippen molar-refractivity contribution in [2.75, 3.05) is 25.0 Å². The number of anilines is 1. The molecule has 2 aliphatic rings. The highest BCUT2D eigenvalue weighted by molar-refractivity contribution is 5.71. The molecule has 1 N–H and O–H groups in total. The van der Waals surface area contributed by atoms with E-state index in [0.29, 0.717) is 17.7 Å². The molecule has 1 saturated heterocycles. The van der Waals surface area contributed by atoms with Gasteiger partial charge in [0, 0.05) is 31.2 Å². The second kappa shape index (κ2) is 10.4. The second-order valence-electron chi connectivity index (χ2n) is 9.56. The number of aromatic nitrogens is 2. The van der Waals surface area contributed by atoms with E-state index in [4.69, 9.17) is 0 Å². The number of halogens is 1. The predicted octanol–water partition coefficient (Wildman–Crippen LogP) is 6.41. The van der Waals surface area contributed by atoms with Crippen molar-refractivity contribution >= 4 is 5.95 Å². The average molecular weight is 445 g/mol. The van der Waals surface area contributed by atoms with Crippen LogP contribution < -0.4 is 5.32 Å². The van der Waals surface area contributed by atoms with E-state index in [1.54, 1.807) is 0 Å². The Morgan fingerprint density at radius 1 is 0.848 bits per heavy atom. The van der Waals surface area contributed by atoms with Crippen LogP contribution in [0.25, 0.3) is 22.4 Å². The fourth-order valence-electron chi connectivity index (χ4n) is 5.29. The Labute approximate surface area is 196 Å².